The molecule has 0 aromatic heterocycles. The summed E-state index contributed by atoms with van der Waals surface area (Å²) < 4.78 is 0. The predicted molar refractivity (Wildman–Crippen MR) is 68.3 cm³/mol. The molecule has 1 N–H and O–H groups in total. The second-order valence-corrected chi connectivity index (χ2v) is 4.44. The molecule has 0 saturated heterocycles. The molecule has 2 nitrogen and oxygen atoms in total. The van der Waals surface area contributed by atoms with Gasteiger partial charge in [0.1, 0.15) is 0 Å². The number of hydrogen-bond acceptors (Lipinski definition) is 3. The first kappa shape index (κ1) is 13.8. The van der Waals surface area contributed by atoms with E-state index in [1.54, 1.807) is 0 Å². The van der Waals surface area contributed by atoms with Crippen molar-refractivity contribution in [3.63, 3.8) is 0 Å². The van der Waals surface area contributed by atoms with E-state index >= 15 is 0 Å². The normalized spacial score (nSPS) is 11.8. The molecule has 0 atom stereocenters. The summed E-state index contributed by atoms with van der Waals surface area (Å²) in [5, 5.41) is 4.32. The van der Waals surface area contributed by atoms with E-state index in [4.69, 9.17) is 0 Å². The van der Waals surface area contributed by atoms with E-state index in [2.05, 4.69) is 23.7 Å². The Morgan fingerprint density at radius 2 is 1.93 bits per heavy atom. The van der Waals surface area contributed by atoms with Crippen molar-refractivity contribution < 1.29 is 0 Å². The Kier molecular flexibility index (Phi) is 10.8. The minimum atomic E-state index is 1.16. The lowest BCUT2D eigenvalue weighted by Gasteiger charge is -2.05. The molecule has 84 valence electrons. The van der Waals surface area contributed by atoms with Gasteiger partial charge < -0.3 is 5.43 Å². The molecular formula is C11H24N2S. The average Bonchev–Trinajstić information content (AvgIpc) is 2.20. The SMILES string of the molecule is CCCC/C(CCCCSC)=N\NC. The van der Waals surface area contributed by atoms with Crippen LogP contribution in [0.2, 0.25) is 0 Å². The molecule has 0 heterocycles. The maximum atomic E-state index is 4.32. The Morgan fingerprint density at radius 1 is 1.21 bits per heavy atom. The molecule has 0 unspecified atom stereocenters. The molecule has 0 rings (SSSR count). The number of hydrogen-bond donors (Lipinski definition) is 1. The maximum absolute atomic E-state index is 4.32. The summed E-state index contributed by atoms with van der Waals surface area (Å²) in [5.41, 5.74) is 4.24. The van der Waals surface area contributed by atoms with Gasteiger partial charge in [0, 0.05) is 12.8 Å². The van der Waals surface area contributed by atoms with Gasteiger partial charge in [-0.3, -0.25) is 0 Å². The standard InChI is InChI=1S/C11H24N2S/c1-4-5-8-11(13-12-2)9-6-7-10-14-3/h12H,4-10H2,1-3H3/b13-11+. The predicted octanol–water partition coefficient (Wildman–Crippen LogP) is 3.29. The lowest BCUT2D eigenvalue weighted by Crippen LogP contribution is -2.06. The third-order valence-corrected chi connectivity index (χ3v) is 2.85. The van der Waals surface area contributed by atoms with Crippen LogP contribution in [0.15, 0.2) is 5.10 Å². The smallest absolute Gasteiger partial charge is 0.0378 e. The van der Waals surface area contributed by atoms with Gasteiger partial charge in [-0.05, 0) is 44.1 Å². The first-order valence-corrected chi connectivity index (χ1v) is 6.95. The van der Waals surface area contributed by atoms with Crippen LogP contribution in [0.25, 0.3) is 0 Å². The van der Waals surface area contributed by atoms with Gasteiger partial charge in [0.25, 0.3) is 0 Å². The van der Waals surface area contributed by atoms with Crippen molar-refractivity contribution in [3.05, 3.63) is 0 Å². The van der Waals surface area contributed by atoms with Crippen LogP contribution in [-0.4, -0.2) is 24.8 Å². The van der Waals surface area contributed by atoms with E-state index in [-0.39, 0.29) is 0 Å². The Labute approximate surface area is 92.9 Å². The molecule has 0 bridgehead atoms. The fourth-order valence-electron chi connectivity index (χ4n) is 1.35. The van der Waals surface area contributed by atoms with Gasteiger partial charge in [0.05, 0.1) is 0 Å². The van der Waals surface area contributed by atoms with Crippen LogP contribution < -0.4 is 5.43 Å². The van der Waals surface area contributed by atoms with Crippen LogP contribution >= 0.6 is 11.8 Å². The number of nitrogens with one attached hydrogen (secondary N) is 1. The van der Waals surface area contributed by atoms with E-state index in [9.17, 15) is 0 Å². The molecule has 3 heteroatoms. The number of hydrazone groups is 1. The molecule has 0 aromatic carbocycles. The minimum Gasteiger partial charge on any atom is -0.313 e. The lowest BCUT2D eigenvalue weighted by atomic mass is 10.1. The minimum absolute atomic E-state index is 1.16. The molecule has 0 aliphatic heterocycles. The highest BCUT2D eigenvalue weighted by Gasteiger charge is 1.99. The van der Waals surface area contributed by atoms with Crippen molar-refractivity contribution in [3.8, 4) is 0 Å². The van der Waals surface area contributed by atoms with E-state index in [0.717, 1.165) is 6.42 Å². The highest BCUT2D eigenvalue weighted by molar-refractivity contribution is 7.98. The van der Waals surface area contributed by atoms with Crippen LogP contribution in [0, 0.1) is 0 Å². The van der Waals surface area contributed by atoms with Crippen molar-refractivity contribution in [2.45, 2.75) is 45.4 Å². The highest BCUT2D eigenvalue weighted by Crippen LogP contribution is 2.07. The van der Waals surface area contributed by atoms with Crippen LogP contribution in [0.5, 0.6) is 0 Å². The highest BCUT2D eigenvalue weighted by atomic mass is 32.2. The van der Waals surface area contributed by atoms with Gasteiger partial charge in [-0.25, -0.2) is 0 Å². The summed E-state index contributed by atoms with van der Waals surface area (Å²) in [5.74, 6) is 1.28. The summed E-state index contributed by atoms with van der Waals surface area (Å²) in [6.45, 7) is 2.23. The summed E-state index contributed by atoms with van der Waals surface area (Å²) in [4.78, 5) is 0. The summed E-state index contributed by atoms with van der Waals surface area (Å²) in [6.07, 6.45) is 9.62. The molecule has 0 radical (unpaired) electrons. The molecule has 0 aliphatic rings. The molecule has 0 saturated carbocycles. The Hall–Kier alpha value is -0.180. The molecule has 0 fully saturated rings. The number of nitrogens with zero attached hydrogens (tertiary/aromatic N) is 1. The number of unbranched alkanes of at least 4 members (excludes halogenated alkanes) is 2. The largest absolute Gasteiger partial charge is 0.313 e. The fourth-order valence-corrected chi connectivity index (χ4v) is 1.84. The first-order valence-electron chi connectivity index (χ1n) is 5.56. The summed E-state index contributed by atoms with van der Waals surface area (Å²) in [6, 6.07) is 0. The van der Waals surface area contributed by atoms with Gasteiger partial charge in [-0.2, -0.15) is 16.9 Å². The van der Waals surface area contributed by atoms with Crippen molar-refractivity contribution in [1.82, 2.24) is 5.43 Å². The fraction of sp³-hybridized carbons (Fsp3) is 0.909. The van der Waals surface area contributed by atoms with Gasteiger partial charge in [-0.1, -0.05) is 13.3 Å². The molecule has 0 aliphatic carbocycles. The van der Waals surface area contributed by atoms with Gasteiger partial charge >= 0.3 is 0 Å². The van der Waals surface area contributed by atoms with Crippen molar-refractivity contribution in [1.29, 1.82) is 0 Å². The van der Waals surface area contributed by atoms with Gasteiger partial charge in [-0.15, -0.1) is 0 Å². The van der Waals surface area contributed by atoms with Gasteiger partial charge in [0.2, 0.25) is 0 Å². The van der Waals surface area contributed by atoms with Crippen molar-refractivity contribution >= 4 is 17.5 Å². The monoisotopic (exact) mass is 216 g/mol. The zero-order valence-corrected chi connectivity index (χ0v) is 10.6. The number of rotatable bonds is 9. The van der Waals surface area contributed by atoms with Crippen LogP contribution in [0.1, 0.15) is 45.4 Å². The van der Waals surface area contributed by atoms with Crippen LogP contribution in [-0.2, 0) is 0 Å². The molecule has 0 amide bonds. The molecular weight excluding hydrogens is 192 g/mol. The van der Waals surface area contributed by atoms with Crippen molar-refractivity contribution in [2.24, 2.45) is 5.10 Å². The Morgan fingerprint density at radius 3 is 2.50 bits per heavy atom. The Balaban J connectivity index is 3.57. The van der Waals surface area contributed by atoms with E-state index in [1.807, 2.05) is 18.8 Å². The average molecular weight is 216 g/mol. The van der Waals surface area contributed by atoms with E-state index < -0.39 is 0 Å². The lowest BCUT2D eigenvalue weighted by molar-refractivity contribution is 0.769. The van der Waals surface area contributed by atoms with Crippen LogP contribution in [0.4, 0.5) is 0 Å². The second kappa shape index (κ2) is 10.9. The van der Waals surface area contributed by atoms with Gasteiger partial charge in [0.15, 0.2) is 0 Å². The molecule has 14 heavy (non-hydrogen) atoms. The van der Waals surface area contributed by atoms with Crippen molar-refractivity contribution in [2.75, 3.05) is 19.1 Å². The van der Waals surface area contributed by atoms with E-state index in [1.165, 1.54) is 43.6 Å². The zero-order chi connectivity index (χ0) is 10.6. The first-order chi connectivity index (χ1) is 6.85. The third kappa shape index (κ3) is 8.42. The summed E-state index contributed by atoms with van der Waals surface area (Å²) in [7, 11) is 1.88. The number of thioether (sulfide) groups is 1. The van der Waals surface area contributed by atoms with E-state index in [0.29, 0.717) is 0 Å². The van der Waals surface area contributed by atoms with Crippen LogP contribution in [0.3, 0.4) is 0 Å². The third-order valence-electron chi connectivity index (χ3n) is 2.15. The second-order valence-electron chi connectivity index (χ2n) is 3.46. The molecule has 0 spiro atoms. The Bertz CT molecular complexity index is 146. The zero-order valence-electron chi connectivity index (χ0n) is 9.81. The summed E-state index contributed by atoms with van der Waals surface area (Å²) >= 11 is 1.93. The molecule has 0 aromatic rings. The topological polar surface area (TPSA) is 24.4 Å². The maximum Gasteiger partial charge on any atom is 0.0378 e. The quantitative estimate of drug-likeness (QED) is 0.363.